The molecular formula is C15H24O. The van der Waals surface area contributed by atoms with Gasteiger partial charge in [-0.3, -0.25) is 0 Å². The maximum Gasteiger partial charge on any atom is 0.0459 e. The summed E-state index contributed by atoms with van der Waals surface area (Å²) in [5, 5.41) is 9.42. The number of aliphatic hydroxyl groups is 1. The van der Waals surface area contributed by atoms with E-state index < -0.39 is 0 Å². The van der Waals surface area contributed by atoms with Crippen LogP contribution < -0.4 is 0 Å². The van der Waals surface area contributed by atoms with Gasteiger partial charge in [-0.1, -0.05) is 26.0 Å². The Kier molecular flexibility index (Phi) is 2.12. The normalized spacial score (nSPS) is 49.4. The summed E-state index contributed by atoms with van der Waals surface area (Å²) in [5.74, 6) is 2.11. The van der Waals surface area contributed by atoms with E-state index in [0.717, 1.165) is 5.92 Å². The number of rotatable bonds is 1. The fourth-order valence-corrected chi connectivity index (χ4v) is 5.02. The number of fused-ring (bicyclic) bond motifs is 1. The van der Waals surface area contributed by atoms with Crippen LogP contribution in [0, 0.1) is 28.6 Å². The van der Waals surface area contributed by atoms with Crippen LogP contribution in [0.2, 0.25) is 0 Å². The van der Waals surface area contributed by atoms with Gasteiger partial charge in [0.25, 0.3) is 0 Å². The Balaban J connectivity index is 1.98. The largest absolute Gasteiger partial charge is 0.396 e. The van der Waals surface area contributed by atoms with Crippen molar-refractivity contribution < 1.29 is 5.11 Å². The van der Waals surface area contributed by atoms with Crippen LogP contribution in [-0.4, -0.2) is 11.7 Å². The molecule has 4 atom stereocenters. The Morgan fingerprint density at radius 1 is 1.38 bits per heavy atom. The van der Waals surface area contributed by atoms with E-state index >= 15 is 0 Å². The summed E-state index contributed by atoms with van der Waals surface area (Å²) in [6.07, 6.45) is 6.65. The molecule has 0 aromatic heterocycles. The topological polar surface area (TPSA) is 20.2 Å². The zero-order chi connectivity index (χ0) is 11.6. The van der Waals surface area contributed by atoms with Crippen LogP contribution in [0.4, 0.5) is 0 Å². The molecule has 3 fully saturated rings. The second kappa shape index (κ2) is 3.13. The van der Waals surface area contributed by atoms with Gasteiger partial charge in [-0.15, -0.1) is 0 Å². The van der Waals surface area contributed by atoms with Gasteiger partial charge < -0.3 is 5.11 Å². The molecule has 1 heteroatoms. The highest BCUT2D eigenvalue weighted by Gasteiger charge is 2.59. The van der Waals surface area contributed by atoms with Crippen molar-refractivity contribution in [1.29, 1.82) is 0 Å². The monoisotopic (exact) mass is 220 g/mol. The molecule has 0 aromatic rings. The smallest absolute Gasteiger partial charge is 0.0459 e. The Morgan fingerprint density at radius 2 is 2.12 bits per heavy atom. The van der Waals surface area contributed by atoms with Crippen molar-refractivity contribution in [1.82, 2.24) is 0 Å². The Bertz CT molecular complexity index is 330. The summed E-state index contributed by atoms with van der Waals surface area (Å²) >= 11 is 0. The van der Waals surface area contributed by atoms with Gasteiger partial charge in [-0.2, -0.15) is 0 Å². The van der Waals surface area contributed by atoms with E-state index in [0.29, 0.717) is 29.3 Å². The molecule has 3 aliphatic carbocycles. The molecule has 3 rings (SSSR count). The SMILES string of the molecule is C=C1C2CC(CO)C[C@]23CC[C@@H](C3)C1(C)C. The third-order valence-electron chi connectivity index (χ3n) is 6.17. The maximum atomic E-state index is 9.42. The third-order valence-corrected chi connectivity index (χ3v) is 6.17. The van der Waals surface area contributed by atoms with E-state index in [1.54, 1.807) is 0 Å². The lowest BCUT2D eigenvalue weighted by Crippen LogP contribution is -2.38. The van der Waals surface area contributed by atoms with E-state index in [1.807, 2.05) is 0 Å². The minimum Gasteiger partial charge on any atom is -0.396 e. The number of aliphatic hydroxyl groups excluding tert-OH is 1. The predicted octanol–water partition coefficient (Wildman–Crippen LogP) is 3.39. The molecule has 2 bridgehead atoms. The summed E-state index contributed by atoms with van der Waals surface area (Å²) in [6.45, 7) is 9.60. The molecule has 0 radical (unpaired) electrons. The molecule has 16 heavy (non-hydrogen) atoms. The van der Waals surface area contributed by atoms with Crippen LogP contribution in [0.15, 0.2) is 12.2 Å². The van der Waals surface area contributed by atoms with Gasteiger partial charge in [0, 0.05) is 6.61 Å². The lowest BCUT2D eigenvalue weighted by molar-refractivity contribution is 0.118. The van der Waals surface area contributed by atoms with Gasteiger partial charge in [0.2, 0.25) is 0 Å². The summed E-state index contributed by atoms with van der Waals surface area (Å²) in [6, 6.07) is 0. The first kappa shape index (κ1) is 10.8. The molecule has 0 amide bonds. The van der Waals surface area contributed by atoms with Crippen molar-refractivity contribution >= 4 is 0 Å². The van der Waals surface area contributed by atoms with Crippen LogP contribution in [-0.2, 0) is 0 Å². The molecule has 0 heterocycles. The molecule has 90 valence electrons. The summed E-state index contributed by atoms with van der Waals surface area (Å²) < 4.78 is 0. The van der Waals surface area contributed by atoms with Crippen LogP contribution in [0.25, 0.3) is 0 Å². The van der Waals surface area contributed by atoms with E-state index in [4.69, 9.17) is 0 Å². The van der Waals surface area contributed by atoms with Crippen molar-refractivity contribution in [2.45, 2.75) is 46.0 Å². The zero-order valence-electron chi connectivity index (χ0n) is 10.6. The average molecular weight is 220 g/mol. The van der Waals surface area contributed by atoms with Gasteiger partial charge in [0.05, 0.1) is 0 Å². The van der Waals surface area contributed by atoms with Crippen molar-refractivity contribution in [2.24, 2.45) is 28.6 Å². The summed E-state index contributed by atoms with van der Waals surface area (Å²) in [4.78, 5) is 0. The molecule has 0 saturated heterocycles. The second-order valence-electron chi connectivity index (χ2n) is 7.09. The highest BCUT2D eigenvalue weighted by molar-refractivity contribution is 5.26. The molecule has 0 aromatic carbocycles. The maximum absolute atomic E-state index is 9.42. The zero-order valence-corrected chi connectivity index (χ0v) is 10.6. The average Bonchev–Trinajstić information content (AvgIpc) is 2.81. The fourth-order valence-electron chi connectivity index (χ4n) is 5.02. The van der Waals surface area contributed by atoms with Crippen molar-refractivity contribution in [3.63, 3.8) is 0 Å². The second-order valence-corrected chi connectivity index (χ2v) is 7.09. The van der Waals surface area contributed by atoms with Crippen LogP contribution in [0.5, 0.6) is 0 Å². The van der Waals surface area contributed by atoms with E-state index in [1.165, 1.54) is 37.7 Å². The molecule has 1 nitrogen and oxygen atoms in total. The summed E-state index contributed by atoms with van der Waals surface area (Å²) in [5.41, 5.74) is 2.39. The highest BCUT2D eigenvalue weighted by atomic mass is 16.3. The van der Waals surface area contributed by atoms with Crippen LogP contribution in [0.3, 0.4) is 0 Å². The Hall–Kier alpha value is -0.300. The molecule has 1 N–H and O–H groups in total. The molecule has 1 spiro atoms. The number of hydrogen-bond acceptors (Lipinski definition) is 1. The first-order valence-corrected chi connectivity index (χ1v) is 6.80. The highest BCUT2D eigenvalue weighted by Crippen LogP contribution is 2.69. The lowest BCUT2D eigenvalue weighted by atomic mass is 9.58. The minimum absolute atomic E-state index is 0.342. The minimum atomic E-state index is 0.342. The van der Waals surface area contributed by atoms with E-state index in [9.17, 15) is 5.11 Å². The predicted molar refractivity (Wildman–Crippen MR) is 66.0 cm³/mol. The van der Waals surface area contributed by atoms with Crippen LogP contribution >= 0.6 is 0 Å². The van der Waals surface area contributed by atoms with Gasteiger partial charge in [0.1, 0.15) is 0 Å². The van der Waals surface area contributed by atoms with Gasteiger partial charge >= 0.3 is 0 Å². The lowest BCUT2D eigenvalue weighted by Gasteiger charge is -2.47. The molecule has 0 aliphatic heterocycles. The molecule has 2 unspecified atom stereocenters. The van der Waals surface area contributed by atoms with Crippen molar-refractivity contribution in [2.75, 3.05) is 6.61 Å². The van der Waals surface area contributed by atoms with Gasteiger partial charge in [-0.05, 0) is 60.7 Å². The van der Waals surface area contributed by atoms with E-state index in [2.05, 4.69) is 20.4 Å². The number of hydrogen-bond donors (Lipinski definition) is 1. The standard InChI is InChI=1S/C15H24O/c1-10-13-6-11(9-16)7-15(13)5-4-12(8-15)14(10,2)3/h11-13,16H,1,4-9H2,2-3H3/t11?,12-,13?,15-/m0/s1. The Labute approximate surface area is 98.9 Å². The van der Waals surface area contributed by atoms with Crippen molar-refractivity contribution in [3.8, 4) is 0 Å². The van der Waals surface area contributed by atoms with Gasteiger partial charge in [0.15, 0.2) is 0 Å². The van der Waals surface area contributed by atoms with Crippen LogP contribution in [0.1, 0.15) is 46.0 Å². The Morgan fingerprint density at radius 3 is 2.81 bits per heavy atom. The van der Waals surface area contributed by atoms with E-state index in [-0.39, 0.29) is 0 Å². The molecule has 3 aliphatic rings. The van der Waals surface area contributed by atoms with Gasteiger partial charge in [-0.25, -0.2) is 0 Å². The van der Waals surface area contributed by atoms with Crippen molar-refractivity contribution in [3.05, 3.63) is 12.2 Å². The molecular weight excluding hydrogens is 196 g/mol. The fraction of sp³-hybridized carbons (Fsp3) is 0.867. The first-order chi connectivity index (χ1) is 7.49. The molecule has 3 saturated carbocycles. The third kappa shape index (κ3) is 1.16. The number of allylic oxidation sites excluding steroid dienone is 1. The summed E-state index contributed by atoms with van der Waals surface area (Å²) in [7, 11) is 0. The first-order valence-electron chi connectivity index (χ1n) is 6.80. The quantitative estimate of drug-likeness (QED) is 0.672.